The molecule has 0 spiro atoms. The van der Waals surface area contributed by atoms with Gasteiger partial charge in [-0.2, -0.15) is 0 Å². The molecule has 18 heavy (non-hydrogen) atoms. The van der Waals surface area contributed by atoms with Crippen LogP contribution in [-0.4, -0.2) is 37.4 Å². The number of rotatable bonds is 6. The Balaban J connectivity index is 1.53. The molecule has 0 aromatic heterocycles. The van der Waals surface area contributed by atoms with Crippen molar-refractivity contribution in [2.24, 2.45) is 0 Å². The third-order valence-electron chi connectivity index (χ3n) is 3.49. The molecule has 1 heterocycles. The number of epoxide rings is 1. The van der Waals surface area contributed by atoms with Crippen molar-refractivity contribution in [1.82, 2.24) is 0 Å². The molecule has 2 rings (SSSR count). The number of carbonyl (C=O) groups excluding carboxylic acids is 2. The first-order valence-corrected chi connectivity index (χ1v) is 6.61. The standard InChI is InChI=1S/C13H20O5/c1-16-12(14)4-2-3-5-13(15)17-9-6-7-10-11(8-9)18-10/h9-11H,2-8H2,1H3. The zero-order chi connectivity index (χ0) is 13.0. The number of fused-ring (bicyclic) bond motifs is 1. The van der Waals surface area contributed by atoms with Crippen LogP contribution in [0.25, 0.3) is 0 Å². The molecule has 0 bridgehead atoms. The molecule has 0 N–H and O–H groups in total. The lowest BCUT2D eigenvalue weighted by Crippen LogP contribution is -2.24. The van der Waals surface area contributed by atoms with E-state index in [1.165, 1.54) is 7.11 Å². The van der Waals surface area contributed by atoms with Crippen molar-refractivity contribution >= 4 is 11.9 Å². The van der Waals surface area contributed by atoms with Gasteiger partial charge in [0.25, 0.3) is 0 Å². The fourth-order valence-electron chi connectivity index (χ4n) is 2.36. The third-order valence-corrected chi connectivity index (χ3v) is 3.49. The summed E-state index contributed by atoms with van der Waals surface area (Å²) in [5.41, 5.74) is 0. The lowest BCUT2D eigenvalue weighted by molar-refractivity contribution is -0.150. The quantitative estimate of drug-likeness (QED) is 0.410. The summed E-state index contributed by atoms with van der Waals surface area (Å²) in [7, 11) is 1.37. The second kappa shape index (κ2) is 6.18. The smallest absolute Gasteiger partial charge is 0.306 e. The maximum atomic E-state index is 11.6. The van der Waals surface area contributed by atoms with Crippen LogP contribution in [-0.2, 0) is 23.8 Å². The first-order chi connectivity index (χ1) is 8.69. The van der Waals surface area contributed by atoms with E-state index < -0.39 is 0 Å². The molecule has 0 amide bonds. The van der Waals surface area contributed by atoms with Crippen molar-refractivity contribution in [3.05, 3.63) is 0 Å². The largest absolute Gasteiger partial charge is 0.469 e. The number of esters is 2. The van der Waals surface area contributed by atoms with E-state index in [4.69, 9.17) is 9.47 Å². The maximum Gasteiger partial charge on any atom is 0.306 e. The van der Waals surface area contributed by atoms with Crippen molar-refractivity contribution in [3.8, 4) is 0 Å². The van der Waals surface area contributed by atoms with E-state index in [1.54, 1.807) is 0 Å². The van der Waals surface area contributed by atoms with Crippen LogP contribution >= 0.6 is 0 Å². The normalized spacial score (nSPS) is 29.3. The summed E-state index contributed by atoms with van der Waals surface area (Å²) in [6.07, 6.45) is 5.63. The minimum Gasteiger partial charge on any atom is -0.469 e. The molecule has 1 saturated heterocycles. The predicted molar refractivity (Wildman–Crippen MR) is 62.9 cm³/mol. The lowest BCUT2D eigenvalue weighted by atomic mass is 9.98. The molecule has 102 valence electrons. The van der Waals surface area contributed by atoms with Crippen LogP contribution in [0, 0.1) is 0 Å². The van der Waals surface area contributed by atoms with Crippen LogP contribution in [0.2, 0.25) is 0 Å². The van der Waals surface area contributed by atoms with Crippen molar-refractivity contribution < 1.29 is 23.8 Å². The van der Waals surface area contributed by atoms with Gasteiger partial charge in [-0.1, -0.05) is 0 Å². The average molecular weight is 256 g/mol. The summed E-state index contributed by atoms with van der Waals surface area (Å²) in [5, 5.41) is 0. The highest BCUT2D eigenvalue weighted by Gasteiger charge is 2.44. The number of hydrogen-bond donors (Lipinski definition) is 0. The molecule has 1 aliphatic heterocycles. The fraction of sp³-hybridized carbons (Fsp3) is 0.846. The molecule has 5 heteroatoms. The van der Waals surface area contributed by atoms with Gasteiger partial charge in [0.05, 0.1) is 19.3 Å². The Morgan fingerprint density at radius 3 is 2.50 bits per heavy atom. The molecule has 3 unspecified atom stereocenters. The SMILES string of the molecule is COC(=O)CCCCC(=O)OC1CCC2OC2C1. The molecular formula is C13H20O5. The molecule has 3 atom stereocenters. The van der Waals surface area contributed by atoms with E-state index in [0.717, 1.165) is 19.3 Å². The molecule has 0 aromatic rings. The summed E-state index contributed by atoms with van der Waals surface area (Å²) in [4.78, 5) is 22.4. The highest BCUT2D eigenvalue weighted by molar-refractivity contribution is 5.70. The molecule has 1 aliphatic carbocycles. The van der Waals surface area contributed by atoms with Crippen molar-refractivity contribution in [2.45, 2.75) is 63.3 Å². The number of hydrogen-bond acceptors (Lipinski definition) is 5. The highest BCUT2D eigenvalue weighted by Crippen LogP contribution is 2.37. The van der Waals surface area contributed by atoms with Gasteiger partial charge in [0.2, 0.25) is 0 Å². The fourth-order valence-corrected chi connectivity index (χ4v) is 2.36. The Hall–Kier alpha value is -1.10. The van der Waals surface area contributed by atoms with E-state index >= 15 is 0 Å². The number of carbonyl (C=O) groups is 2. The van der Waals surface area contributed by atoms with Crippen LogP contribution in [0.3, 0.4) is 0 Å². The van der Waals surface area contributed by atoms with Gasteiger partial charge in [0, 0.05) is 19.3 Å². The Bertz CT molecular complexity index is 315. The van der Waals surface area contributed by atoms with Crippen molar-refractivity contribution in [2.75, 3.05) is 7.11 Å². The van der Waals surface area contributed by atoms with Crippen molar-refractivity contribution in [3.63, 3.8) is 0 Å². The average Bonchev–Trinajstić information content (AvgIpc) is 3.12. The van der Waals surface area contributed by atoms with E-state index in [9.17, 15) is 9.59 Å². The van der Waals surface area contributed by atoms with Crippen LogP contribution in [0.4, 0.5) is 0 Å². The molecule has 0 radical (unpaired) electrons. The molecule has 5 nitrogen and oxygen atoms in total. The second-order valence-electron chi connectivity index (χ2n) is 4.92. The number of ether oxygens (including phenoxy) is 3. The van der Waals surface area contributed by atoms with E-state index in [0.29, 0.717) is 37.9 Å². The zero-order valence-corrected chi connectivity index (χ0v) is 10.7. The summed E-state index contributed by atoms with van der Waals surface area (Å²) >= 11 is 0. The maximum absolute atomic E-state index is 11.6. The van der Waals surface area contributed by atoms with E-state index in [1.807, 2.05) is 0 Å². The Labute approximate surface area is 107 Å². The van der Waals surface area contributed by atoms with Gasteiger partial charge in [0.1, 0.15) is 6.10 Å². The first kappa shape index (κ1) is 13.3. The first-order valence-electron chi connectivity index (χ1n) is 6.61. The minimum absolute atomic E-state index is 0.0295. The van der Waals surface area contributed by atoms with Crippen LogP contribution in [0.1, 0.15) is 44.9 Å². The van der Waals surface area contributed by atoms with E-state index in [-0.39, 0.29) is 18.0 Å². The van der Waals surface area contributed by atoms with Crippen molar-refractivity contribution in [1.29, 1.82) is 0 Å². The summed E-state index contributed by atoms with van der Waals surface area (Å²) in [6.45, 7) is 0. The van der Waals surface area contributed by atoms with Crippen LogP contribution < -0.4 is 0 Å². The summed E-state index contributed by atoms with van der Waals surface area (Å²) in [6, 6.07) is 0. The zero-order valence-electron chi connectivity index (χ0n) is 10.7. The Morgan fingerprint density at radius 1 is 1.11 bits per heavy atom. The topological polar surface area (TPSA) is 65.1 Å². The van der Waals surface area contributed by atoms with Gasteiger partial charge in [-0.15, -0.1) is 0 Å². The molecule has 2 fully saturated rings. The monoisotopic (exact) mass is 256 g/mol. The molecule has 1 saturated carbocycles. The Kier molecular flexibility index (Phi) is 4.58. The summed E-state index contributed by atoms with van der Waals surface area (Å²) < 4.78 is 15.3. The minimum atomic E-state index is -0.229. The lowest BCUT2D eigenvalue weighted by Gasteiger charge is -2.19. The van der Waals surface area contributed by atoms with Crippen LogP contribution in [0.5, 0.6) is 0 Å². The molecule has 0 aromatic carbocycles. The van der Waals surface area contributed by atoms with Gasteiger partial charge in [-0.3, -0.25) is 9.59 Å². The second-order valence-corrected chi connectivity index (χ2v) is 4.92. The number of methoxy groups -OCH3 is 1. The van der Waals surface area contributed by atoms with Gasteiger partial charge in [-0.25, -0.2) is 0 Å². The van der Waals surface area contributed by atoms with E-state index in [2.05, 4.69) is 4.74 Å². The van der Waals surface area contributed by atoms with Gasteiger partial charge in [-0.05, 0) is 25.7 Å². The third kappa shape index (κ3) is 3.98. The molecular weight excluding hydrogens is 236 g/mol. The summed E-state index contributed by atoms with van der Waals surface area (Å²) in [5.74, 6) is -0.392. The number of unbranched alkanes of at least 4 members (excludes halogenated alkanes) is 1. The van der Waals surface area contributed by atoms with Crippen LogP contribution in [0.15, 0.2) is 0 Å². The Morgan fingerprint density at radius 2 is 1.83 bits per heavy atom. The van der Waals surface area contributed by atoms with Gasteiger partial charge < -0.3 is 14.2 Å². The van der Waals surface area contributed by atoms with Gasteiger partial charge >= 0.3 is 11.9 Å². The highest BCUT2D eigenvalue weighted by atomic mass is 16.6. The predicted octanol–water partition coefficient (Wildman–Crippen LogP) is 1.58. The molecule has 2 aliphatic rings. The van der Waals surface area contributed by atoms with Gasteiger partial charge in [0.15, 0.2) is 0 Å².